The third kappa shape index (κ3) is 27.6. The van der Waals surface area contributed by atoms with Gasteiger partial charge in [-0.3, -0.25) is 20.2 Å². The molecule has 0 unspecified atom stereocenters. The van der Waals surface area contributed by atoms with E-state index in [4.69, 9.17) is 21.9 Å². The number of anilines is 1. The Hall–Kier alpha value is -6.70. The molecule has 0 aliphatic heterocycles. The molecule has 520 valence electrons. The summed E-state index contributed by atoms with van der Waals surface area (Å²) in [7, 11) is -11.8. The fourth-order valence-electron chi connectivity index (χ4n) is 9.28. The molecule has 0 aliphatic rings. The zero-order valence-corrected chi connectivity index (χ0v) is 58.5. The minimum absolute atomic E-state index is 0. The first-order chi connectivity index (χ1) is 43.0. The number of alkyl carbamates (subject to hydrolysis) is 1. The molecule has 0 spiro atoms. The molecule has 6 aromatic carbocycles. The molecule has 6 atom stereocenters. The lowest BCUT2D eigenvalue weighted by Gasteiger charge is -2.31. The molecule has 29 heteroatoms. The second-order valence-electron chi connectivity index (χ2n) is 24.6. The number of non-ortho nitro benzene ring substituents is 2. The number of nitrogens with two attached hydrogens (primary N) is 3. The summed E-state index contributed by atoms with van der Waals surface area (Å²) in [5.41, 5.74) is 20.0. The van der Waals surface area contributed by atoms with Crippen molar-refractivity contribution >= 4 is 78.0 Å². The van der Waals surface area contributed by atoms with Gasteiger partial charge in [-0.1, -0.05) is 133 Å². The summed E-state index contributed by atoms with van der Waals surface area (Å²) in [6, 6.07) is 41.5. The fraction of sp³-hybridized carbons (Fsp3) is 0.431. The first-order valence-electron chi connectivity index (χ1n) is 30.0. The maximum Gasteiger partial charge on any atom is 0.407 e. The highest BCUT2D eigenvalue weighted by atomic mass is 35.5. The average Bonchev–Trinajstić information content (AvgIpc) is 0.821. The summed E-state index contributed by atoms with van der Waals surface area (Å²) < 4.78 is 88.0. The van der Waals surface area contributed by atoms with E-state index < -0.39 is 88.0 Å². The summed E-state index contributed by atoms with van der Waals surface area (Å²) >= 11 is 0. The topological polar surface area (TPSA) is 375 Å². The van der Waals surface area contributed by atoms with Gasteiger partial charge in [-0.05, 0) is 123 Å². The van der Waals surface area contributed by atoms with Gasteiger partial charge in [0.05, 0.1) is 48.9 Å². The Morgan fingerprint density at radius 3 is 1.03 bits per heavy atom. The maximum absolute atomic E-state index is 13.4. The molecule has 0 radical (unpaired) electrons. The molecule has 0 aliphatic carbocycles. The first kappa shape index (κ1) is 83.4. The molecule has 0 aromatic heterocycles. The Bertz CT molecular complexity index is 3590. The molecule has 0 saturated carbocycles. The van der Waals surface area contributed by atoms with Crippen LogP contribution in [0.25, 0.3) is 0 Å². The van der Waals surface area contributed by atoms with Crippen molar-refractivity contribution in [3.63, 3.8) is 0 Å². The Balaban J connectivity index is 0.000000481. The number of sulfonamides is 3. The second kappa shape index (κ2) is 38.7. The van der Waals surface area contributed by atoms with Crippen molar-refractivity contribution in [3.05, 3.63) is 201 Å². The van der Waals surface area contributed by atoms with Crippen molar-refractivity contribution in [1.29, 1.82) is 0 Å². The SMILES string of the molecule is CC(C)CN(C[C@@H](O)[C@@H](N)Cc1ccccc1)S(=O)(=O)c1ccc(N)cc1.CC(C)CN(C[C@@H](O)[C@@H](N)Cc1ccccc1)S(=O)(=O)c1ccc([N+](=O)[O-])cc1.CC(C)CN(C[C@@H](O)[C@H](Cc1ccccc1)NC(=O)OC(C)(C)C)S(=O)(=O)c1ccc([N+](=O)[O-])cc1.Cl.Cl. The van der Waals surface area contributed by atoms with Gasteiger partial charge >= 0.3 is 6.09 Å². The number of nitrogens with zero attached hydrogens (tertiary/aromatic N) is 5. The number of aliphatic hydroxyl groups is 3. The minimum Gasteiger partial charge on any atom is -0.444 e. The number of benzene rings is 6. The molecule has 0 saturated heterocycles. The van der Waals surface area contributed by atoms with Crippen LogP contribution in [0.5, 0.6) is 0 Å². The van der Waals surface area contributed by atoms with Crippen molar-refractivity contribution in [2.45, 2.75) is 138 Å². The largest absolute Gasteiger partial charge is 0.444 e. The van der Waals surface area contributed by atoms with Crippen LogP contribution in [0.2, 0.25) is 0 Å². The van der Waals surface area contributed by atoms with Crippen LogP contribution in [0, 0.1) is 38.0 Å². The quantitative estimate of drug-likeness (QED) is 0.0126. The molecule has 24 nitrogen and oxygen atoms in total. The Morgan fingerprint density at radius 1 is 0.479 bits per heavy atom. The molecule has 10 N–H and O–H groups in total. The van der Waals surface area contributed by atoms with Crippen molar-refractivity contribution in [2.24, 2.45) is 29.2 Å². The van der Waals surface area contributed by atoms with E-state index >= 15 is 0 Å². The predicted molar refractivity (Wildman–Crippen MR) is 370 cm³/mol. The van der Waals surface area contributed by atoms with Crippen LogP contribution in [-0.2, 0) is 54.1 Å². The van der Waals surface area contributed by atoms with E-state index in [1.807, 2.05) is 133 Å². The fourth-order valence-corrected chi connectivity index (χ4v) is 14.1. The van der Waals surface area contributed by atoms with Crippen LogP contribution in [0.15, 0.2) is 178 Å². The highest BCUT2D eigenvalue weighted by Crippen LogP contribution is 2.25. The highest BCUT2D eigenvalue weighted by molar-refractivity contribution is 7.89. The van der Waals surface area contributed by atoms with Crippen molar-refractivity contribution < 1.29 is 60.0 Å². The number of nitro benzene ring substituents is 2. The van der Waals surface area contributed by atoms with Crippen molar-refractivity contribution in [2.75, 3.05) is 45.0 Å². The summed E-state index contributed by atoms with van der Waals surface area (Å²) in [6.07, 6.45) is -2.92. The van der Waals surface area contributed by atoms with Gasteiger partial charge in [0.1, 0.15) is 5.60 Å². The van der Waals surface area contributed by atoms with E-state index in [0.717, 1.165) is 45.3 Å². The summed E-state index contributed by atoms with van der Waals surface area (Å²) in [5.74, 6) is 0.0443. The number of halogens is 2. The van der Waals surface area contributed by atoms with Crippen LogP contribution in [-0.4, -0.2) is 151 Å². The lowest BCUT2D eigenvalue weighted by Crippen LogP contribution is -2.51. The van der Waals surface area contributed by atoms with Crippen LogP contribution in [0.4, 0.5) is 21.9 Å². The number of nitro groups is 2. The number of nitrogens with one attached hydrogen (secondary N) is 1. The second-order valence-corrected chi connectivity index (χ2v) is 30.4. The van der Waals surface area contributed by atoms with Gasteiger partial charge in [0, 0.05) is 81.3 Å². The standard InChI is InChI=1S/C25H35N3O7S.C20H27N3O5S.C20H29N3O3S.2ClH/c1-18(2)16-27(36(33,34)21-13-11-20(12-14-21)28(31)32)17-23(29)22(15-19-9-7-6-8-10-19)26-24(30)35-25(3,4)5;1-15(2)13-22(14-20(24)19(21)12-16-6-4-3-5-7-16)29(27,28)18-10-8-17(9-11-18)23(25)26;1-15(2)13-23(27(25,26)18-10-8-17(21)9-11-18)14-20(24)19(22)12-16-6-4-3-5-7-16;;/h6-14,18,22-23,29H,15-17H2,1-5H3,(H,26,30);3-11,15,19-20,24H,12-14,21H2,1-2H3;3-11,15,19-20,24H,12-14,21-22H2,1-2H3;2*1H/t22-,23+;2*19-,20+;;/m000../s1. The summed E-state index contributed by atoms with van der Waals surface area (Å²) in [6.45, 7) is 16.5. The Kier molecular flexibility index (Phi) is 34.4. The smallest absolute Gasteiger partial charge is 0.407 e. The average molecular weight is 1410 g/mol. The van der Waals surface area contributed by atoms with E-state index in [2.05, 4.69) is 5.32 Å². The van der Waals surface area contributed by atoms with Crippen molar-refractivity contribution in [1.82, 2.24) is 18.2 Å². The number of amides is 1. The molecular formula is C65H93Cl2N9O15S3. The zero-order chi connectivity index (χ0) is 68.7. The van der Waals surface area contributed by atoms with Gasteiger partial charge in [-0.25, -0.2) is 30.0 Å². The number of carbonyl (C=O) groups is 1. The van der Waals surface area contributed by atoms with E-state index in [1.54, 1.807) is 32.9 Å². The molecule has 0 bridgehead atoms. The molecule has 94 heavy (non-hydrogen) atoms. The molecule has 0 fully saturated rings. The van der Waals surface area contributed by atoms with Gasteiger partial charge in [0.15, 0.2) is 0 Å². The number of carbonyl (C=O) groups excluding carboxylic acids is 1. The van der Waals surface area contributed by atoms with E-state index in [-0.39, 0.29) is 108 Å². The monoisotopic (exact) mass is 1410 g/mol. The van der Waals surface area contributed by atoms with Gasteiger partial charge in [-0.15, -0.1) is 24.8 Å². The number of aliphatic hydroxyl groups excluding tert-OH is 3. The lowest BCUT2D eigenvalue weighted by molar-refractivity contribution is -0.385. The Labute approximate surface area is 566 Å². The van der Waals surface area contributed by atoms with Gasteiger partial charge in [0.25, 0.3) is 11.4 Å². The number of nitrogen functional groups attached to an aromatic ring is 1. The number of rotatable bonds is 30. The zero-order valence-electron chi connectivity index (χ0n) is 54.4. The molecular weight excluding hydrogens is 1310 g/mol. The minimum atomic E-state index is -4.09. The molecule has 0 heterocycles. The number of hydrogen-bond donors (Lipinski definition) is 7. The van der Waals surface area contributed by atoms with Crippen molar-refractivity contribution in [3.8, 4) is 0 Å². The van der Waals surface area contributed by atoms with Gasteiger partial charge in [-0.2, -0.15) is 12.9 Å². The molecule has 6 aromatic rings. The van der Waals surface area contributed by atoms with Crippen LogP contribution < -0.4 is 22.5 Å². The van der Waals surface area contributed by atoms with E-state index in [1.165, 1.54) is 45.0 Å². The Morgan fingerprint density at radius 2 is 0.755 bits per heavy atom. The summed E-state index contributed by atoms with van der Waals surface area (Å²) in [4.78, 5) is 33.0. The van der Waals surface area contributed by atoms with Crippen LogP contribution in [0.1, 0.15) is 79.0 Å². The predicted octanol–water partition coefficient (Wildman–Crippen LogP) is 8.60. The normalized spacial score (nSPS) is 13.8. The number of hydrogen-bond acceptors (Lipinski definition) is 18. The highest BCUT2D eigenvalue weighted by Gasteiger charge is 2.34. The maximum atomic E-state index is 13.4. The van der Waals surface area contributed by atoms with E-state index in [9.17, 15) is 65.6 Å². The first-order valence-corrected chi connectivity index (χ1v) is 34.3. The lowest BCUT2D eigenvalue weighted by atomic mass is 10.0. The van der Waals surface area contributed by atoms with Crippen LogP contribution >= 0.6 is 24.8 Å². The number of ether oxygens (including phenoxy) is 1. The van der Waals surface area contributed by atoms with Crippen LogP contribution in [0.3, 0.4) is 0 Å². The van der Waals surface area contributed by atoms with E-state index in [0.29, 0.717) is 25.1 Å². The third-order valence-corrected chi connectivity index (χ3v) is 19.4. The van der Waals surface area contributed by atoms with Gasteiger partial charge in [0.2, 0.25) is 30.1 Å². The van der Waals surface area contributed by atoms with Gasteiger partial charge < -0.3 is 42.6 Å². The molecule has 1 amide bonds. The molecule has 6 rings (SSSR count). The summed E-state index contributed by atoms with van der Waals surface area (Å²) in [5, 5.41) is 56.7. The third-order valence-electron chi connectivity index (χ3n) is 13.8.